The second kappa shape index (κ2) is 5.51. The minimum absolute atomic E-state index is 0.236. The summed E-state index contributed by atoms with van der Waals surface area (Å²) < 4.78 is 23.6. The first-order chi connectivity index (χ1) is 7.45. The summed E-state index contributed by atoms with van der Waals surface area (Å²) in [5.41, 5.74) is 1.03. The molecule has 0 amide bonds. The second-order valence-corrected chi connectivity index (χ2v) is 6.01. The monoisotopic (exact) mass is 258 g/mol. The lowest BCUT2D eigenvalue weighted by Gasteiger charge is -2.01. The van der Waals surface area contributed by atoms with Crippen molar-refractivity contribution < 1.29 is 8.42 Å². The minimum Gasteiger partial charge on any atom is -0.219 e. The molecule has 0 bridgehead atoms. The van der Waals surface area contributed by atoms with Gasteiger partial charge in [0.1, 0.15) is 0 Å². The van der Waals surface area contributed by atoms with E-state index < -0.39 is 9.84 Å². The van der Waals surface area contributed by atoms with Gasteiger partial charge in [-0.3, -0.25) is 0 Å². The fraction of sp³-hybridized carbons (Fsp3) is 0.333. The van der Waals surface area contributed by atoms with Crippen molar-refractivity contribution in [2.45, 2.75) is 30.5 Å². The summed E-state index contributed by atoms with van der Waals surface area (Å²) in [6.45, 7) is 3.82. The van der Waals surface area contributed by atoms with Crippen LogP contribution in [0.1, 0.15) is 18.9 Å². The fourth-order valence-corrected chi connectivity index (χ4v) is 2.36. The van der Waals surface area contributed by atoms with Crippen molar-refractivity contribution in [3.05, 3.63) is 41.3 Å². The molecule has 0 spiro atoms. The summed E-state index contributed by atoms with van der Waals surface area (Å²) in [6, 6.07) is 6.76. The Morgan fingerprint density at radius 3 is 2.38 bits per heavy atom. The Morgan fingerprint density at radius 2 is 1.88 bits per heavy atom. The van der Waals surface area contributed by atoms with E-state index in [0.29, 0.717) is 11.3 Å². The highest BCUT2D eigenvalue weighted by Gasteiger charge is 2.10. The van der Waals surface area contributed by atoms with Gasteiger partial charge in [-0.05, 0) is 25.5 Å². The SMILES string of the molecule is CCC(Cl)/C=C/S(=O)(=O)c1ccc(C)cc1. The molecule has 0 aliphatic rings. The van der Waals surface area contributed by atoms with Crippen LogP contribution in [0.5, 0.6) is 0 Å². The zero-order valence-corrected chi connectivity index (χ0v) is 10.9. The van der Waals surface area contributed by atoms with Crippen LogP contribution in [0.25, 0.3) is 0 Å². The molecule has 0 N–H and O–H groups in total. The molecule has 1 aromatic carbocycles. The topological polar surface area (TPSA) is 34.1 Å². The van der Waals surface area contributed by atoms with Gasteiger partial charge in [0, 0.05) is 5.41 Å². The summed E-state index contributed by atoms with van der Waals surface area (Å²) >= 11 is 5.83. The lowest BCUT2D eigenvalue weighted by molar-refractivity contribution is 0.604. The van der Waals surface area contributed by atoms with E-state index in [-0.39, 0.29) is 5.38 Å². The molecule has 1 rings (SSSR count). The minimum atomic E-state index is -3.35. The van der Waals surface area contributed by atoms with Crippen LogP contribution in [0.3, 0.4) is 0 Å². The molecular weight excluding hydrogens is 244 g/mol. The van der Waals surface area contributed by atoms with E-state index in [4.69, 9.17) is 11.6 Å². The van der Waals surface area contributed by atoms with Crippen LogP contribution in [0.4, 0.5) is 0 Å². The second-order valence-electron chi connectivity index (χ2n) is 3.61. The van der Waals surface area contributed by atoms with Gasteiger partial charge >= 0.3 is 0 Å². The van der Waals surface area contributed by atoms with E-state index in [1.54, 1.807) is 24.3 Å². The van der Waals surface area contributed by atoms with Crippen molar-refractivity contribution in [3.8, 4) is 0 Å². The number of sulfone groups is 1. The molecule has 0 fully saturated rings. The number of allylic oxidation sites excluding steroid dienone is 1. The third-order valence-corrected chi connectivity index (χ3v) is 4.10. The predicted octanol–water partition coefficient (Wildman–Crippen LogP) is 3.30. The highest BCUT2D eigenvalue weighted by atomic mass is 35.5. The summed E-state index contributed by atoms with van der Waals surface area (Å²) in [5.74, 6) is 0. The van der Waals surface area contributed by atoms with Crippen molar-refractivity contribution >= 4 is 21.4 Å². The third-order valence-electron chi connectivity index (χ3n) is 2.21. The zero-order valence-electron chi connectivity index (χ0n) is 9.35. The maximum absolute atomic E-state index is 11.8. The van der Waals surface area contributed by atoms with E-state index in [0.717, 1.165) is 5.56 Å². The van der Waals surface area contributed by atoms with Crippen molar-refractivity contribution in [1.29, 1.82) is 0 Å². The molecular formula is C12H15ClO2S. The predicted molar refractivity (Wildman–Crippen MR) is 67.4 cm³/mol. The summed E-state index contributed by atoms with van der Waals surface area (Å²) in [4.78, 5) is 0.300. The van der Waals surface area contributed by atoms with Gasteiger partial charge in [0.2, 0.25) is 0 Å². The number of rotatable bonds is 4. The van der Waals surface area contributed by atoms with Crippen LogP contribution in [-0.4, -0.2) is 13.8 Å². The normalized spacial score (nSPS) is 14.2. The van der Waals surface area contributed by atoms with Gasteiger partial charge in [0.05, 0.1) is 10.3 Å². The lowest BCUT2D eigenvalue weighted by atomic mass is 10.2. The molecule has 0 radical (unpaired) electrons. The lowest BCUT2D eigenvalue weighted by Crippen LogP contribution is -1.98. The van der Waals surface area contributed by atoms with Crippen molar-refractivity contribution in [2.24, 2.45) is 0 Å². The van der Waals surface area contributed by atoms with Crippen LogP contribution in [0.15, 0.2) is 40.6 Å². The van der Waals surface area contributed by atoms with Gasteiger partial charge in [-0.2, -0.15) is 0 Å². The Kier molecular flexibility index (Phi) is 4.56. The van der Waals surface area contributed by atoms with E-state index in [2.05, 4.69) is 0 Å². The van der Waals surface area contributed by atoms with Crippen molar-refractivity contribution in [2.75, 3.05) is 0 Å². The molecule has 1 atom stereocenters. The molecule has 2 nitrogen and oxygen atoms in total. The standard InChI is InChI=1S/C12H15ClO2S/c1-3-11(13)8-9-16(14,15)12-6-4-10(2)5-7-12/h4-9,11H,3H2,1-2H3/b9-8+. The maximum atomic E-state index is 11.8. The molecule has 0 aliphatic carbocycles. The Balaban J connectivity index is 2.94. The number of hydrogen-bond acceptors (Lipinski definition) is 2. The summed E-state index contributed by atoms with van der Waals surface area (Å²) in [7, 11) is -3.35. The van der Waals surface area contributed by atoms with Gasteiger partial charge in [-0.15, -0.1) is 11.6 Å². The molecule has 0 aliphatic heterocycles. The first-order valence-corrected chi connectivity index (χ1v) is 7.08. The molecule has 88 valence electrons. The van der Waals surface area contributed by atoms with E-state index in [1.165, 1.54) is 11.5 Å². The van der Waals surface area contributed by atoms with Gasteiger partial charge < -0.3 is 0 Å². The van der Waals surface area contributed by atoms with Crippen LogP contribution in [-0.2, 0) is 9.84 Å². The summed E-state index contributed by atoms with van der Waals surface area (Å²) in [6.07, 6.45) is 2.22. The average Bonchev–Trinajstić information content (AvgIpc) is 2.26. The first-order valence-electron chi connectivity index (χ1n) is 5.09. The quantitative estimate of drug-likeness (QED) is 0.777. The van der Waals surface area contributed by atoms with E-state index >= 15 is 0 Å². The highest BCUT2D eigenvalue weighted by molar-refractivity contribution is 7.94. The molecule has 0 saturated carbocycles. The van der Waals surface area contributed by atoms with E-state index in [9.17, 15) is 8.42 Å². The van der Waals surface area contributed by atoms with Gasteiger partial charge in [0.25, 0.3) is 0 Å². The van der Waals surface area contributed by atoms with Crippen LogP contribution in [0.2, 0.25) is 0 Å². The summed E-state index contributed by atoms with van der Waals surface area (Å²) in [5, 5.41) is 0.943. The van der Waals surface area contributed by atoms with Crippen molar-refractivity contribution in [3.63, 3.8) is 0 Å². The highest BCUT2D eigenvalue weighted by Crippen LogP contribution is 2.14. The number of alkyl halides is 1. The Bertz CT molecular complexity index is 460. The Morgan fingerprint density at radius 1 is 1.31 bits per heavy atom. The van der Waals surface area contributed by atoms with E-state index in [1.807, 2.05) is 13.8 Å². The van der Waals surface area contributed by atoms with Crippen LogP contribution in [0, 0.1) is 6.92 Å². The number of halogens is 1. The maximum Gasteiger partial charge on any atom is 0.199 e. The van der Waals surface area contributed by atoms with Crippen molar-refractivity contribution in [1.82, 2.24) is 0 Å². The molecule has 1 unspecified atom stereocenters. The smallest absolute Gasteiger partial charge is 0.199 e. The molecule has 0 aromatic heterocycles. The first kappa shape index (κ1) is 13.3. The molecule has 4 heteroatoms. The molecule has 1 aromatic rings. The molecule has 0 heterocycles. The average molecular weight is 259 g/mol. The number of hydrogen-bond donors (Lipinski definition) is 0. The van der Waals surface area contributed by atoms with Crippen LogP contribution < -0.4 is 0 Å². The Hall–Kier alpha value is -0.800. The zero-order chi connectivity index (χ0) is 12.2. The van der Waals surface area contributed by atoms with Gasteiger partial charge in [0.15, 0.2) is 9.84 Å². The fourth-order valence-electron chi connectivity index (χ4n) is 1.13. The largest absolute Gasteiger partial charge is 0.219 e. The number of benzene rings is 1. The number of aryl methyl sites for hydroxylation is 1. The molecule has 16 heavy (non-hydrogen) atoms. The van der Waals surface area contributed by atoms with Crippen LogP contribution >= 0.6 is 11.6 Å². The van der Waals surface area contributed by atoms with Gasteiger partial charge in [-0.1, -0.05) is 30.7 Å². The Labute approximate surface area is 102 Å². The van der Waals surface area contributed by atoms with Gasteiger partial charge in [-0.25, -0.2) is 8.42 Å². The third kappa shape index (κ3) is 3.65. The molecule has 0 saturated heterocycles.